The van der Waals surface area contributed by atoms with Crippen molar-refractivity contribution in [3.8, 4) is 17.2 Å². The van der Waals surface area contributed by atoms with E-state index < -0.39 is 11.8 Å². The lowest BCUT2D eigenvalue weighted by Crippen LogP contribution is -2.25. The first kappa shape index (κ1) is 41.1. The van der Waals surface area contributed by atoms with Crippen molar-refractivity contribution in [3.05, 3.63) is 148 Å². The monoisotopic (exact) mass is 809 g/mol. The average molecular weight is 810 g/mol. The number of pyridine rings is 1. The molecule has 0 aliphatic rings. The molecule has 3 heterocycles. The highest BCUT2D eigenvalue weighted by Crippen LogP contribution is 2.34. The molecule has 7 aromatic rings. The number of aryl methyl sites for hydroxylation is 1. The van der Waals surface area contributed by atoms with Crippen LogP contribution in [0.25, 0.3) is 21.9 Å². The zero-order valence-corrected chi connectivity index (χ0v) is 34.2. The number of benzene rings is 4. The van der Waals surface area contributed by atoms with Crippen molar-refractivity contribution in [1.82, 2.24) is 24.6 Å². The third-order valence-corrected chi connectivity index (χ3v) is 10.0. The summed E-state index contributed by atoms with van der Waals surface area (Å²) >= 11 is 0. The summed E-state index contributed by atoms with van der Waals surface area (Å²) in [5, 5.41) is 11.5. The zero-order valence-electron chi connectivity index (χ0n) is 34.2. The van der Waals surface area contributed by atoms with Gasteiger partial charge in [-0.3, -0.25) is 28.9 Å². The maximum absolute atomic E-state index is 13.8. The van der Waals surface area contributed by atoms with Crippen LogP contribution in [-0.4, -0.2) is 84.4 Å². The van der Waals surface area contributed by atoms with Gasteiger partial charge in [-0.15, -0.1) is 0 Å². The molecule has 0 atom stereocenters. The second-order valence-electron chi connectivity index (χ2n) is 14.6. The summed E-state index contributed by atoms with van der Waals surface area (Å²) in [6.07, 6.45) is 6.25. The van der Waals surface area contributed by atoms with E-state index in [1.165, 1.54) is 31.9 Å². The van der Waals surface area contributed by atoms with Crippen LogP contribution in [0, 0.1) is 0 Å². The molecular formula is C46H47N7O7. The summed E-state index contributed by atoms with van der Waals surface area (Å²) in [5.41, 5.74) is 5.06. The van der Waals surface area contributed by atoms with Crippen LogP contribution in [0.5, 0.6) is 17.2 Å². The summed E-state index contributed by atoms with van der Waals surface area (Å²) in [7, 11) is 8.87. The number of methoxy groups -OCH3 is 2. The highest BCUT2D eigenvalue weighted by atomic mass is 16.5. The van der Waals surface area contributed by atoms with E-state index in [-0.39, 0.29) is 39.5 Å². The smallest absolute Gasteiger partial charge is 0.291 e. The van der Waals surface area contributed by atoms with Gasteiger partial charge >= 0.3 is 0 Å². The molecule has 308 valence electrons. The Morgan fingerprint density at radius 2 is 1.53 bits per heavy atom. The highest BCUT2D eigenvalue weighted by molar-refractivity contribution is 6.12. The summed E-state index contributed by atoms with van der Waals surface area (Å²) in [5.74, 6) is -0.109. The lowest BCUT2D eigenvalue weighted by Gasteiger charge is -2.23. The van der Waals surface area contributed by atoms with Crippen LogP contribution in [-0.2, 0) is 26.6 Å². The van der Waals surface area contributed by atoms with Gasteiger partial charge in [-0.05, 0) is 85.7 Å². The predicted octanol–water partition coefficient (Wildman–Crippen LogP) is 6.78. The molecule has 4 aromatic carbocycles. The minimum absolute atomic E-state index is 0.106. The van der Waals surface area contributed by atoms with E-state index in [4.69, 9.17) is 18.6 Å². The summed E-state index contributed by atoms with van der Waals surface area (Å²) in [6, 6.07) is 26.9. The van der Waals surface area contributed by atoms with Gasteiger partial charge in [0.15, 0.2) is 22.7 Å². The van der Waals surface area contributed by atoms with E-state index in [9.17, 15) is 14.4 Å². The third-order valence-electron chi connectivity index (χ3n) is 10.0. The van der Waals surface area contributed by atoms with Crippen LogP contribution in [0.1, 0.15) is 37.6 Å². The minimum atomic E-state index is -0.715. The fourth-order valence-corrected chi connectivity index (χ4v) is 6.83. The summed E-state index contributed by atoms with van der Waals surface area (Å²) in [4.78, 5) is 48.9. The number of amides is 2. The average Bonchev–Trinajstić information content (AvgIpc) is 3.62. The number of anilines is 2. The third kappa shape index (κ3) is 9.97. The molecule has 14 nitrogen and oxygen atoms in total. The molecule has 2 amide bonds. The Morgan fingerprint density at radius 1 is 0.783 bits per heavy atom. The van der Waals surface area contributed by atoms with E-state index in [1.54, 1.807) is 30.5 Å². The molecule has 0 bridgehead atoms. The van der Waals surface area contributed by atoms with Crippen LogP contribution in [0.3, 0.4) is 0 Å². The normalized spacial score (nSPS) is 11.3. The number of hydrogen-bond acceptors (Lipinski definition) is 11. The molecule has 0 unspecified atom stereocenters. The Kier molecular flexibility index (Phi) is 12.8. The van der Waals surface area contributed by atoms with Crippen molar-refractivity contribution >= 4 is 45.1 Å². The van der Waals surface area contributed by atoms with Crippen LogP contribution in [0.15, 0.2) is 119 Å². The Labute approximate surface area is 347 Å². The van der Waals surface area contributed by atoms with Gasteiger partial charge in [0.05, 0.1) is 48.8 Å². The molecule has 0 aliphatic carbocycles. The van der Waals surface area contributed by atoms with E-state index in [1.807, 2.05) is 68.6 Å². The van der Waals surface area contributed by atoms with Crippen LogP contribution in [0.2, 0.25) is 0 Å². The number of nitrogens with zero attached hydrogens (tertiary/aromatic N) is 5. The molecule has 0 aliphatic heterocycles. The first-order chi connectivity index (χ1) is 29.1. The van der Waals surface area contributed by atoms with Crippen molar-refractivity contribution in [2.24, 2.45) is 7.05 Å². The number of aromatic nitrogens is 3. The topological polar surface area (TPSA) is 153 Å². The van der Waals surface area contributed by atoms with E-state index in [2.05, 4.69) is 48.7 Å². The first-order valence-corrected chi connectivity index (χ1v) is 19.4. The molecule has 0 saturated heterocycles. The van der Waals surface area contributed by atoms with Gasteiger partial charge in [-0.1, -0.05) is 30.3 Å². The van der Waals surface area contributed by atoms with Gasteiger partial charge in [-0.2, -0.15) is 5.10 Å². The summed E-state index contributed by atoms with van der Waals surface area (Å²) < 4.78 is 24.5. The SMILES string of the molecule is COc1cc(NC(=O)c2cc(=O)c3ccccc3o2)c(C(=O)Nc2ccc(CCN(Cc3cncc(OCCN(C)C)c3)Cc3ccc4c(cnn4C)c3)cc2)cc1OC. The number of carbonyl (C=O) groups excluding carboxylic acids is 2. The Bertz CT molecular complexity index is 2690. The molecular weight excluding hydrogens is 763 g/mol. The largest absolute Gasteiger partial charge is 0.493 e. The fraction of sp³-hybridized carbons (Fsp3) is 0.239. The van der Waals surface area contributed by atoms with Gasteiger partial charge in [0, 0.05) is 62.6 Å². The Morgan fingerprint density at radius 3 is 2.32 bits per heavy atom. The number of ether oxygens (including phenoxy) is 3. The lowest BCUT2D eigenvalue weighted by molar-refractivity contribution is 0.0997. The van der Waals surface area contributed by atoms with E-state index >= 15 is 0 Å². The van der Waals surface area contributed by atoms with Gasteiger partial charge in [0.2, 0.25) is 0 Å². The second kappa shape index (κ2) is 18.7. The number of carbonyl (C=O) groups is 2. The number of hydrogen-bond donors (Lipinski definition) is 2. The van der Waals surface area contributed by atoms with Gasteiger partial charge < -0.3 is 34.2 Å². The van der Waals surface area contributed by atoms with Crippen LogP contribution in [0.4, 0.5) is 11.4 Å². The second-order valence-corrected chi connectivity index (χ2v) is 14.6. The van der Waals surface area contributed by atoms with Crippen molar-refractivity contribution in [2.45, 2.75) is 19.5 Å². The maximum Gasteiger partial charge on any atom is 0.291 e. The number of para-hydroxylation sites is 1. The van der Waals surface area contributed by atoms with Gasteiger partial charge in [0.25, 0.3) is 11.8 Å². The van der Waals surface area contributed by atoms with Gasteiger partial charge in [-0.25, -0.2) is 0 Å². The van der Waals surface area contributed by atoms with Gasteiger partial charge in [0.1, 0.15) is 17.9 Å². The first-order valence-electron chi connectivity index (χ1n) is 19.4. The summed E-state index contributed by atoms with van der Waals surface area (Å²) in [6.45, 7) is 3.49. The molecule has 2 N–H and O–H groups in total. The molecule has 0 fully saturated rings. The van der Waals surface area contributed by atoms with Crippen LogP contribution >= 0.6 is 0 Å². The fourth-order valence-electron chi connectivity index (χ4n) is 6.83. The lowest BCUT2D eigenvalue weighted by atomic mass is 10.1. The van der Waals surface area contributed by atoms with Crippen molar-refractivity contribution < 1.29 is 28.2 Å². The molecule has 14 heteroatoms. The zero-order chi connectivity index (χ0) is 42.2. The molecule has 0 saturated carbocycles. The molecule has 0 spiro atoms. The van der Waals surface area contributed by atoms with Crippen molar-refractivity contribution in [2.75, 3.05) is 58.6 Å². The standard InChI is InChI=1S/C46H47N7O7/c1-51(2)18-19-59-35-21-32(25-47-27-35)29-53(28-31-12-15-39-33(20-31)26-48-52(39)3)17-16-30-10-13-34(14-11-30)49-45(55)37-22-42(57-4)43(58-5)23-38(37)50-46(56)44-24-40(54)36-8-6-7-9-41(36)60-44/h6-15,20-27H,16-19,28-29H2,1-5H3,(H,49,55)(H,50,56). The van der Waals surface area contributed by atoms with Crippen molar-refractivity contribution in [3.63, 3.8) is 0 Å². The Hall–Kier alpha value is -7.03. The van der Waals surface area contributed by atoms with E-state index in [0.717, 1.165) is 53.4 Å². The number of fused-ring (bicyclic) bond motifs is 2. The Balaban J connectivity index is 1.05. The minimum Gasteiger partial charge on any atom is -0.493 e. The number of likely N-dealkylation sites (N-methyl/N-ethyl adjacent to an activating group) is 1. The number of nitrogens with one attached hydrogen (secondary N) is 2. The molecule has 3 aromatic heterocycles. The predicted molar refractivity (Wildman–Crippen MR) is 231 cm³/mol. The number of rotatable bonds is 17. The molecule has 60 heavy (non-hydrogen) atoms. The highest BCUT2D eigenvalue weighted by Gasteiger charge is 2.21. The van der Waals surface area contributed by atoms with Crippen molar-refractivity contribution in [1.29, 1.82) is 0 Å². The maximum atomic E-state index is 13.8. The van der Waals surface area contributed by atoms with Crippen LogP contribution < -0.4 is 30.3 Å². The quantitative estimate of drug-likeness (QED) is 0.100. The van der Waals surface area contributed by atoms with E-state index in [0.29, 0.717) is 30.8 Å². The molecule has 7 rings (SSSR count). The molecule has 0 radical (unpaired) electrons.